The van der Waals surface area contributed by atoms with Crippen molar-refractivity contribution in [2.24, 2.45) is 5.92 Å². The number of benzene rings is 1. The number of nitrogens with one attached hydrogen (secondary N) is 2. The van der Waals surface area contributed by atoms with Crippen LogP contribution >= 0.6 is 0 Å². The quantitative estimate of drug-likeness (QED) is 0.740. The second-order valence-corrected chi connectivity index (χ2v) is 6.54. The number of methoxy groups -OCH3 is 2. The standard InChI is InChI=1S/C18H27N3O2/c1-14(11-19)12-20-5-7-21(8-6-20)13-16-10-18(23-4)17(22-3)9-15(16)2/h9-10,14H,5-8,12-13H2,1-4H3/p+2/t14-/m0/s1. The van der Waals surface area contributed by atoms with Gasteiger partial charge in [-0.1, -0.05) is 0 Å². The Labute approximate surface area is 139 Å². The molecule has 1 aliphatic rings. The first-order chi connectivity index (χ1) is 11.1. The summed E-state index contributed by atoms with van der Waals surface area (Å²) in [7, 11) is 3.36. The molecular weight excluding hydrogens is 290 g/mol. The fraction of sp³-hybridized carbons (Fsp3) is 0.611. The van der Waals surface area contributed by atoms with Crippen molar-refractivity contribution in [2.75, 3.05) is 46.9 Å². The normalized spacial score (nSPS) is 22.2. The predicted molar refractivity (Wildman–Crippen MR) is 89.0 cm³/mol. The minimum absolute atomic E-state index is 0.152. The summed E-state index contributed by atoms with van der Waals surface area (Å²) >= 11 is 0. The maximum absolute atomic E-state index is 8.94. The Morgan fingerprint density at radius 1 is 1.09 bits per heavy atom. The molecular formula is C18H29N3O2+2. The second kappa shape index (κ2) is 8.19. The number of quaternary nitrogens is 2. The third-order valence-electron chi connectivity index (χ3n) is 4.76. The number of hydrogen-bond donors (Lipinski definition) is 2. The van der Waals surface area contributed by atoms with E-state index in [4.69, 9.17) is 14.7 Å². The van der Waals surface area contributed by atoms with E-state index in [0.717, 1.165) is 50.8 Å². The molecule has 1 aliphatic heterocycles. The average Bonchev–Trinajstić information content (AvgIpc) is 2.57. The van der Waals surface area contributed by atoms with Gasteiger partial charge in [-0.3, -0.25) is 0 Å². The van der Waals surface area contributed by atoms with E-state index in [1.807, 2.05) is 6.92 Å². The maximum atomic E-state index is 8.94. The van der Waals surface area contributed by atoms with E-state index in [0.29, 0.717) is 0 Å². The summed E-state index contributed by atoms with van der Waals surface area (Å²) in [5, 5.41) is 8.94. The van der Waals surface area contributed by atoms with Crippen molar-refractivity contribution in [3.8, 4) is 17.6 Å². The fourth-order valence-electron chi connectivity index (χ4n) is 3.30. The summed E-state index contributed by atoms with van der Waals surface area (Å²) in [6.45, 7) is 10.7. The Hall–Kier alpha value is -1.77. The summed E-state index contributed by atoms with van der Waals surface area (Å²) in [5.41, 5.74) is 2.58. The number of aryl methyl sites for hydroxylation is 1. The van der Waals surface area contributed by atoms with Gasteiger partial charge in [0.25, 0.3) is 0 Å². The molecule has 0 radical (unpaired) electrons. The molecule has 1 aromatic carbocycles. The van der Waals surface area contributed by atoms with Crippen LogP contribution in [0, 0.1) is 24.2 Å². The van der Waals surface area contributed by atoms with Crippen LogP contribution in [0.5, 0.6) is 11.5 Å². The first-order valence-corrected chi connectivity index (χ1v) is 8.35. The lowest BCUT2D eigenvalue weighted by Gasteiger charge is -2.30. The highest BCUT2D eigenvalue weighted by Crippen LogP contribution is 2.29. The molecule has 5 heteroatoms. The van der Waals surface area contributed by atoms with Gasteiger partial charge in [-0.05, 0) is 31.5 Å². The number of hydrogen-bond acceptors (Lipinski definition) is 3. The number of rotatable bonds is 6. The van der Waals surface area contributed by atoms with Crippen molar-refractivity contribution < 1.29 is 19.3 Å². The monoisotopic (exact) mass is 319 g/mol. The van der Waals surface area contributed by atoms with Crippen molar-refractivity contribution in [1.82, 2.24) is 0 Å². The molecule has 1 saturated heterocycles. The smallest absolute Gasteiger partial charge is 0.161 e. The number of nitrogens with zero attached hydrogens (tertiary/aromatic N) is 1. The molecule has 0 unspecified atom stereocenters. The topological polar surface area (TPSA) is 51.1 Å². The summed E-state index contributed by atoms with van der Waals surface area (Å²) in [6.07, 6.45) is 0. The number of ether oxygens (including phenoxy) is 2. The molecule has 1 atom stereocenters. The van der Waals surface area contributed by atoms with Gasteiger partial charge >= 0.3 is 0 Å². The lowest BCUT2D eigenvalue weighted by molar-refractivity contribution is -1.02. The summed E-state index contributed by atoms with van der Waals surface area (Å²) in [4.78, 5) is 3.17. The fourth-order valence-corrected chi connectivity index (χ4v) is 3.30. The van der Waals surface area contributed by atoms with Crippen LogP contribution in [0.15, 0.2) is 12.1 Å². The summed E-state index contributed by atoms with van der Waals surface area (Å²) in [6, 6.07) is 6.51. The zero-order chi connectivity index (χ0) is 16.8. The van der Waals surface area contributed by atoms with E-state index in [1.54, 1.807) is 24.0 Å². The molecule has 0 bridgehead atoms. The Bertz CT molecular complexity index is 560. The largest absolute Gasteiger partial charge is 0.493 e. The molecule has 23 heavy (non-hydrogen) atoms. The van der Waals surface area contributed by atoms with E-state index in [9.17, 15) is 0 Å². The third-order valence-corrected chi connectivity index (χ3v) is 4.76. The van der Waals surface area contributed by atoms with Gasteiger partial charge in [0.05, 0.1) is 32.8 Å². The molecule has 0 amide bonds. The molecule has 5 nitrogen and oxygen atoms in total. The molecule has 1 heterocycles. The average molecular weight is 319 g/mol. The Morgan fingerprint density at radius 2 is 1.65 bits per heavy atom. The van der Waals surface area contributed by atoms with Crippen LogP contribution in [0.3, 0.4) is 0 Å². The molecule has 2 N–H and O–H groups in total. The van der Waals surface area contributed by atoms with Crippen molar-refractivity contribution in [3.05, 3.63) is 23.3 Å². The summed E-state index contributed by atoms with van der Waals surface area (Å²) in [5.74, 6) is 1.75. The van der Waals surface area contributed by atoms with Gasteiger partial charge in [0.1, 0.15) is 32.7 Å². The van der Waals surface area contributed by atoms with Crippen LogP contribution < -0.4 is 19.3 Å². The lowest BCUT2D eigenvalue weighted by Crippen LogP contribution is -3.27. The highest BCUT2D eigenvalue weighted by molar-refractivity contribution is 5.46. The van der Waals surface area contributed by atoms with Crippen LogP contribution in [-0.2, 0) is 6.54 Å². The van der Waals surface area contributed by atoms with Gasteiger partial charge in [-0.15, -0.1) is 0 Å². The highest BCUT2D eigenvalue weighted by atomic mass is 16.5. The SMILES string of the molecule is COc1cc(C)c(C[NH+]2CC[NH+](C[C@@H](C)C#N)CC2)cc1OC. The molecule has 0 saturated carbocycles. The van der Waals surface area contributed by atoms with Crippen LogP contribution in [0.4, 0.5) is 0 Å². The first-order valence-electron chi connectivity index (χ1n) is 8.35. The van der Waals surface area contributed by atoms with Crippen LogP contribution in [-0.4, -0.2) is 46.9 Å². The predicted octanol–water partition coefficient (Wildman–Crippen LogP) is -0.545. The Balaban J connectivity index is 1.95. The van der Waals surface area contributed by atoms with Crippen LogP contribution in [0.2, 0.25) is 0 Å². The Kier molecular flexibility index (Phi) is 6.26. The third kappa shape index (κ3) is 4.60. The van der Waals surface area contributed by atoms with Crippen molar-refractivity contribution >= 4 is 0 Å². The van der Waals surface area contributed by atoms with Crippen LogP contribution in [0.1, 0.15) is 18.1 Å². The lowest BCUT2D eigenvalue weighted by atomic mass is 10.1. The van der Waals surface area contributed by atoms with E-state index >= 15 is 0 Å². The van der Waals surface area contributed by atoms with Crippen LogP contribution in [0.25, 0.3) is 0 Å². The highest BCUT2D eigenvalue weighted by Gasteiger charge is 2.25. The molecule has 1 aromatic rings. The van der Waals surface area contributed by atoms with Gasteiger partial charge in [0.15, 0.2) is 11.5 Å². The number of piperazine rings is 1. The van der Waals surface area contributed by atoms with Crippen molar-refractivity contribution in [2.45, 2.75) is 20.4 Å². The van der Waals surface area contributed by atoms with Gasteiger partial charge < -0.3 is 19.3 Å². The summed E-state index contributed by atoms with van der Waals surface area (Å²) < 4.78 is 10.8. The first kappa shape index (κ1) is 17.6. The molecule has 126 valence electrons. The van der Waals surface area contributed by atoms with Gasteiger partial charge in [-0.25, -0.2) is 0 Å². The van der Waals surface area contributed by atoms with Gasteiger partial charge in [-0.2, -0.15) is 5.26 Å². The minimum Gasteiger partial charge on any atom is -0.493 e. The minimum atomic E-state index is 0.152. The zero-order valence-corrected chi connectivity index (χ0v) is 14.7. The second-order valence-electron chi connectivity index (χ2n) is 6.54. The molecule has 0 spiro atoms. The van der Waals surface area contributed by atoms with E-state index in [-0.39, 0.29) is 5.92 Å². The molecule has 0 aromatic heterocycles. The molecule has 1 fully saturated rings. The van der Waals surface area contributed by atoms with E-state index < -0.39 is 0 Å². The van der Waals surface area contributed by atoms with E-state index in [2.05, 4.69) is 25.1 Å². The Morgan fingerprint density at radius 3 is 2.22 bits per heavy atom. The zero-order valence-electron chi connectivity index (χ0n) is 14.7. The van der Waals surface area contributed by atoms with Crippen molar-refractivity contribution in [3.63, 3.8) is 0 Å². The van der Waals surface area contributed by atoms with E-state index in [1.165, 1.54) is 11.1 Å². The van der Waals surface area contributed by atoms with Gasteiger partial charge in [0, 0.05) is 5.56 Å². The maximum Gasteiger partial charge on any atom is 0.161 e. The molecule has 2 rings (SSSR count). The van der Waals surface area contributed by atoms with Gasteiger partial charge in [0.2, 0.25) is 0 Å². The molecule has 0 aliphatic carbocycles. The van der Waals surface area contributed by atoms with Crippen molar-refractivity contribution in [1.29, 1.82) is 5.26 Å². The number of nitriles is 1.